The van der Waals surface area contributed by atoms with Gasteiger partial charge in [-0.2, -0.15) is 4.91 Å². The van der Waals surface area contributed by atoms with Crippen LogP contribution in [-0.4, -0.2) is 16.6 Å². The van der Waals surface area contributed by atoms with E-state index in [0.717, 1.165) is 23.0 Å². The highest BCUT2D eigenvalue weighted by atomic mass is 16.3. The largest absolute Gasteiger partial charge is 0.517 e. The normalized spacial score (nSPS) is 11.1. The van der Waals surface area contributed by atoms with Crippen molar-refractivity contribution in [2.24, 2.45) is 5.09 Å². The number of benzene rings is 2. The Morgan fingerprint density at radius 1 is 1.16 bits per heavy atom. The molecule has 94 valence electrons. The molecule has 0 amide bonds. The van der Waals surface area contributed by atoms with Crippen LogP contribution in [0.4, 0.5) is 0 Å². The average molecular weight is 252 g/mol. The monoisotopic (exact) mass is 252 g/mol. The molecule has 0 aliphatic heterocycles. The zero-order chi connectivity index (χ0) is 13.4. The van der Waals surface area contributed by atoms with Gasteiger partial charge in [-0.05, 0) is 24.5 Å². The van der Waals surface area contributed by atoms with Gasteiger partial charge in [-0.25, -0.2) is 0 Å². The van der Waals surface area contributed by atoms with Gasteiger partial charge >= 0.3 is 7.05 Å². The average Bonchev–Trinajstić information content (AvgIpc) is 2.79. The second-order valence-corrected chi connectivity index (χ2v) is 4.52. The zero-order valence-corrected chi connectivity index (χ0v) is 10.6. The third kappa shape index (κ3) is 1.74. The van der Waals surface area contributed by atoms with Gasteiger partial charge in [-0.15, -0.1) is 0 Å². The van der Waals surface area contributed by atoms with Crippen LogP contribution < -0.4 is 5.46 Å². The minimum atomic E-state index is -1.30. The Labute approximate surface area is 110 Å². The van der Waals surface area contributed by atoms with Crippen molar-refractivity contribution < 1.29 is 5.02 Å². The Morgan fingerprint density at radius 2 is 1.89 bits per heavy atom. The maximum absolute atomic E-state index is 10.5. The number of fused-ring (bicyclic) bond motifs is 3. The van der Waals surface area contributed by atoms with Crippen LogP contribution in [0.2, 0.25) is 0 Å². The molecule has 0 atom stereocenters. The molecule has 0 saturated carbocycles. The van der Waals surface area contributed by atoms with Crippen molar-refractivity contribution in [3.8, 4) is 0 Å². The number of hydrogen-bond acceptors (Lipinski definition) is 3. The highest BCUT2D eigenvalue weighted by Gasteiger charge is 2.18. The first kappa shape index (κ1) is 11.9. The van der Waals surface area contributed by atoms with Crippen LogP contribution in [0.5, 0.6) is 0 Å². The first-order valence-corrected chi connectivity index (χ1v) is 6.27. The fourth-order valence-corrected chi connectivity index (χ4v) is 2.63. The standard InChI is InChI=1S/C14H13BN2O2/c1-2-17-13-6-4-3-5-11(13)12-8-7-10(9-14(12)17)15(18)16-19/h3-9,18H,2H2,1H3. The minimum Gasteiger partial charge on any atom is -0.425 e. The fraction of sp³-hybridized carbons (Fsp3) is 0.143. The van der Waals surface area contributed by atoms with Gasteiger partial charge in [0.2, 0.25) is 0 Å². The molecule has 3 aromatic rings. The van der Waals surface area contributed by atoms with Crippen LogP contribution in [0.3, 0.4) is 0 Å². The SMILES string of the molecule is CCn1c2ccccc2c2ccc(B(O)N=O)cc21. The summed E-state index contributed by atoms with van der Waals surface area (Å²) in [6.07, 6.45) is 0. The van der Waals surface area contributed by atoms with E-state index in [9.17, 15) is 9.93 Å². The summed E-state index contributed by atoms with van der Waals surface area (Å²) < 4.78 is 2.17. The second kappa shape index (κ2) is 4.51. The van der Waals surface area contributed by atoms with Gasteiger partial charge in [-0.3, -0.25) is 0 Å². The van der Waals surface area contributed by atoms with Crippen molar-refractivity contribution in [2.45, 2.75) is 13.5 Å². The van der Waals surface area contributed by atoms with E-state index in [1.54, 1.807) is 6.07 Å². The van der Waals surface area contributed by atoms with Crippen LogP contribution in [-0.2, 0) is 6.54 Å². The van der Waals surface area contributed by atoms with Crippen molar-refractivity contribution >= 4 is 34.3 Å². The lowest BCUT2D eigenvalue weighted by Crippen LogP contribution is -2.27. The molecule has 0 spiro atoms. The Kier molecular flexibility index (Phi) is 2.83. The van der Waals surface area contributed by atoms with E-state index in [-0.39, 0.29) is 0 Å². The third-order valence-corrected chi connectivity index (χ3v) is 3.51. The van der Waals surface area contributed by atoms with Gasteiger partial charge in [0.15, 0.2) is 0 Å². The minimum absolute atomic E-state index is 0.528. The van der Waals surface area contributed by atoms with E-state index in [0.29, 0.717) is 5.46 Å². The predicted molar refractivity (Wildman–Crippen MR) is 78.5 cm³/mol. The number of aryl methyl sites for hydroxylation is 1. The molecule has 5 heteroatoms. The number of nitrogens with zero attached hydrogens (tertiary/aromatic N) is 2. The molecule has 2 aromatic carbocycles. The van der Waals surface area contributed by atoms with Crippen molar-refractivity contribution in [2.75, 3.05) is 0 Å². The number of aromatic nitrogens is 1. The lowest BCUT2D eigenvalue weighted by molar-refractivity contribution is 0.587. The molecule has 0 aliphatic rings. The van der Waals surface area contributed by atoms with Gasteiger partial charge in [0.1, 0.15) is 0 Å². The van der Waals surface area contributed by atoms with Gasteiger partial charge in [-0.1, -0.05) is 35.4 Å². The van der Waals surface area contributed by atoms with E-state index in [1.807, 2.05) is 24.3 Å². The first-order valence-electron chi connectivity index (χ1n) is 6.27. The van der Waals surface area contributed by atoms with Gasteiger partial charge < -0.3 is 9.59 Å². The van der Waals surface area contributed by atoms with Crippen LogP contribution in [0, 0.1) is 4.91 Å². The Balaban J connectivity index is 2.39. The van der Waals surface area contributed by atoms with Crippen molar-refractivity contribution in [1.82, 2.24) is 4.57 Å². The maximum atomic E-state index is 10.5. The Hall–Kier alpha value is -2.14. The topological polar surface area (TPSA) is 54.6 Å². The lowest BCUT2D eigenvalue weighted by atomic mass is 9.75. The van der Waals surface area contributed by atoms with Crippen LogP contribution in [0.1, 0.15) is 6.92 Å². The fourth-order valence-electron chi connectivity index (χ4n) is 2.63. The van der Waals surface area contributed by atoms with E-state index < -0.39 is 7.05 Å². The van der Waals surface area contributed by atoms with E-state index in [4.69, 9.17) is 0 Å². The Bertz CT molecular complexity index is 767. The molecule has 0 aliphatic carbocycles. The maximum Gasteiger partial charge on any atom is 0.517 e. The molecule has 0 saturated heterocycles. The molecule has 0 fully saturated rings. The van der Waals surface area contributed by atoms with Gasteiger partial charge in [0.05, 0.1) is 0 Å². The second-order valence-electron chi connectivity index (χ2n) is 4.52. The lowest BCUT2D eigenvalue weighted by Gasteiger charge is -2.04. The van der Waals surface area contributed by atoms with Gasteiger partial charge in [0, 0.05) is 28.4 Å². The smallest absolute Gasteiger partial charge is 0.425 e. The molecule has 0 unspecified atom stereocenters. The highest BCUT2D eigenvalue weighted by Crippen LogP contribution is 2.28. The molecule has 0 radical (unpaired) electrons. The molecule has 1 N–H and O–H groups in total. The van der Waals surface area contributed by atoms with Crippen molar-refractivity contribution in [3.63, 3.8) is 0 Å². The van der Waals surface area contributed by atoms with Crippen LogP contribution in [0.25, 0.3) is 21.8 Å². The molecule has 4 nitrogen and oxygen atoms in total. The van der Waals surface area contributed by atoms with E-state index in [1.165, 1.54) is 5.39 Å². The van der Waals surface area contributed by atoms with Crippen LogP contribution >= 0.6 is 0 Å². The summed E-state index contributed by atoms with van der Waals surface area (Å²) in [5.74, 6) is 0. The summed E-state index contributed by atoms with van der Waals surface area (Å²) >= 11 is 0. The van der Waals surface area contributed by atoms with Crippen molar-refractivity contribution in [3.05, 3.63) is 47.4 Å². The highest BCUT2D eigenvalue weighted by molar-refractivity contribution is 6.64. The molecule has 1 heterocycles. The molecule has 1 aromatic heterocycles. The summed E-state index contributed by atoms with van der Waals surface area (Å²) in [5, 5.41) is 14.5. The van der Waals surface area contributed by atoms with E-state index in [2.05, 4.69) is 28.7 Å². The molecule has 3 rings (SSSR count). The predicted octanol–water partition coefficient (Wildman–Crippen LogP) is 2.27. The first-order chi connectivity index (χ1) is 9.26. The van der Waals surface area contributed by atoms with Gasteiger partial charge in [0.25, 0.3) is 0 Å². The number of hydrogen-bond donors (Lipinski definition) is 1. The summed E-state index contributed by atoms with van der Waals surface area (Å²) in [5.41, 5.74) is 2.70. The van der Waals surface area contributed by atoms with E-state index >= 15 is 0 Å². The number of rotatable bonds is 3. The summed E-state index contributed by atoms with van der Waals surface area (Å²) in [6, 6.07) is 13.7. The molecule has 0 bridgehead atoms. The third-order valence-electron chi connectivity index (χ3n) is 3.51. The summed E-state index contributed by atoms with van der Waals surface area (Å²) in [7, 11) is -1.30. The summed E-state index contributed by atoms with van der Waals surface area (Å²) in [4.78, 5) is 10.5. The number of para-hydroxylation sites is 1. The van der Waals surface area contributed by atoms with Crippen molar-refractivity contribution in [1.29, 1.82) is 0 Å². The zero-order valence-electron chi connectivity index (χ0n) is 10.6. The summed E-state index contributed by atoms with van der Waals surface area (Å²) in [6.45, 7) is 2.91. The van der Waals surface area contributed by atoms with Crippen LogP contribution in [0.15, 0.2) is 47.6 Å². The Morgan fingerprint density at radius 3 is 2.63 bits per heavy atom. The number of nitroso groups, excluding NO2 is 1. The quantitative estimate of drug-likeness (QED) is 0.574. The molecule has 19 heavy (non-hydrogen) atoms. The molecular weight excluding hydrogens is 239 g/mol. The molecular formula is C14H13BN2O2.